The topological polar surface area (TPSA) is 92.5 Å². The molecular formula is C17H26ClN3O3. The predicted octanol–water partition coefficient (Wildman–Crippen LogP) is 0.705. The number of hydrogen-bond donors (Lipinski definition) is 2. The van der Waals surface area contributed by atoms with Crippen LogP contribution in [0, 0.1) is 29.6 Å². The second-order valence-corrected chi connectivity index (χ2v) is 7.36. The van der Waals surface area contributed by atoms with Crippen molar-refractivity contribution in [2.24, 2.45) is 35.3 Å². The van der Waals surface area contributed by atoms with Crippen molar-refractivity contribution >= 4 is 30.1 Å². The first-order valence-electron chi connectivity index (χ1n) is 8.47. The molecule has 2 fully saturated rings. The van der Waals surface area contributed by atoms with Crippen LogP contribution in [-0.2, 0) is 14.4 Å². The molecule has 5 atom stereocenters. The molecule has 24 heavy (non-hydrogen) atoms. The van der Waals surface area contributed by atoms with Gasteiger partial charge in [-0.3, -0.25) is 19.3 Å². The maximum atomic E-state index is 12.5. The van der Waals surface area contributed by atoms with Crippen LogP contribution in [0.5, 0.6) is 0 Å². The third-order valence-corrected chi connectivity index (χ3v) is 5.26. The van der Waals surface area contributed by atoms with Crippen molar-refractivity contribution < 1.29 is 14.4 Å². The van der Waals surface area contributed by atoms with Gasteiger partial charge in [-0.25, -0.2) is 0 Å². The Morgan fingerprint density at radius 2 is 1.79 bits per heavy atom. The summed E-state index contributed by atoms with van der Waals surface area (Å²) in [5, 5.41) is 2.73. The quantitative estimate of drug-likeness (QED) is 0.542. The molecule has 1 aliphatic heterocycles. The van der Waals surface area contributed by atoms with Gasteiger partial charge in [-0.1, -0.05) is 26.0 Å². The van der Waals surface area contributed by atoms with Crippen LogP contribution < -0.4 is 11.1 Å². The molecule has 0 aromatic heterocycles. The summed E-state index contributed by atoms with van der Waals surface area (Å²) in [5.74, 6) is 0.0866. The standard InChI is InChI=1S/C17H25N3O3.ClH/c1-9(2)7-12(18)15(21)19-5-6-20-16(22)13-10-3-4-11(8-10)14(13)17(20)23;/h3-4,9-14H,5-8,18H2,1-2H3,(H,19,21);1H/t10?,11?,12-,13?,14?;/m0./s1. The monoisotopic (exact) mass is 355 g/mol. The summed E-state index contributed by atoms with van der Waals surface area (Å²) in [6, 6.07) is -0.542. The Hall–Kier alpha value is -1.40. The number of amides is 3. The maximum Gasteiger partial charge on any atom is 0.236 e. The van der Waals surface area contributed by atoms with Crippen LogP contribution in [0.2, 0.25) is 0 Å². The van der Waals surface area contributed by atoms with Gasteiger partial charge in [0.15, 0.2) is 0 Å². The SMILES string of the molecule is CC(C)C[C@H](N)C(=O)NCCN1C(=O)C2C3C=CC(C3)C2C1=O.Cl. The lowest BCUT2D eigenvalue weighted by molar-refractivity contribution is -0.141. The highest BCUT2D eigenvalue weighted by molar-refractivity contribution is 6.06. The van der Waals surface area contributed by atoms with E-state index in [0.717, 1.165) is 6.42 Å². The Morgan fingerprint density at radius 3 is 2.29 bits per heavy atom. The highest BCUT2D eigenvalue weighted by Gasteiger charge is 2.58. The number of rotatable bonds is 6. The highest BCUT2D eigenvalue weighted by atomic mass is 35.5. The number of imide groups is 1. The van der Waals surface area contributed by atoms with Gasteiger partial charge in [-0.15, -0.1) is 12.4 Å². The zero-order valence-corrected chi connectivity index (χ0v) is 14.9. The lowest BCUT2D eigenvalue weighted by Gasteiger charge is -2.19. The summed E-state index contributed by atoms with van der Waals surface area (Å²) >= 11 is 0. The minimum absolute atomic E-state index is 0. The molecule has 1 saturated carbocycles. The van der Waals surface area contributed by atoms with Gasteiger partial charge in [-0.2, -0.15) is 0 Å². The largest absolute Gasteiger partial charge is 0.353 e. The average molecular weight is 356 g/mol. The van der Waals surface area contributed by atoms with Crippen molar-refractivity contribution in [2.45, 2.75) is 32.7 Å². The molecule has 2 aliphatic carbocycles. The van der Waals surface area contributed by atoms with Gasteiger partial charge in [-0.05, 0) is 30.6 Å². The van der Waals surface area contributed by atoms with E-state index in [1.54, 1.807) is 0 Å². The smallest absolute Gasteiger partial charge is 0.236 e. The maximum absolute atomic E-state index is 12.5. The van der Waals surface area contributed by atoms with Crippen LogP contribution in [0.4, 0.5) is 0 Å². The molecule has 0 radical (unpaired) electrons. The van der Waals surface area contributed by atoms with Gasteiger partial charge in [0.25, 0.3) is 0 Å². The first-order valence-corrected chi connectivity index (χ1v) is 8.47. The number of allylic oxidation sites excluding steroid dienone is 2. The number of likely N-dealkylation sites (tertiary alicyclic amines) is 1. The fourth-order valence-corrected chi connectivity index (χ4v) is 4.22. The van der Waals surface area contributed by atoms with E-state index >= 15 is 0 Å². The van der Waals surface area contributed by atoms with Crippen LogP contribution in [-0.4, -0.2) is 41.8 Å². The van der Waals surface area contributed by atoms with Crippen LogP contribution in [0.3, 0.4) is 0 Å². The third kappa shape index (κ3) is 3.22. The molecule has 1 saturated heterocycles. The van der Waals surface area contributed by atoms with Gasteiger partial charge in [0.05, 0.1) is 17.9 Å². The number of carbonyl (C=O) groups is 3. The number of nitrogens with two attached hydrogens (primary N) is 1. The van der Waals surface area contributed by atoms with E-state index < -0.39 is 6.04 Å². The number of nitrogens with zero attached hydrogens (tertiary/aromatic N) is 1. The number of hydrogen-bond acceptors (Lipinski definition) is 4. The van der Waals surface area contributed by atoms with Gasteiger partial charge < -0.3 is 11.1 Å². The summed E-state index contributed by atoms with van der Waals surface area (Å²) in [6.07, 6.45) is 5.70. The second-order valence-electron chi connectivity index (χ2n) is 7.36. The lowest BCUT2D eigenvalue weighted by Crippen LogP contribution is -2.45. The van der Waals surface area contributed by atoms with Gasteiger partial charge >= 0.3 is 0 Å². The molecule has 0 aromatic carbocycles. The molecule has 3 aliphatic rings. The highest BCUT2D eigenvalue weighted by Crippen LogP contribution is 2.52. The molecule has 4 unspecified atom stereocenters. The Bertz CT molecular complexity index is 533. The molecule has 6 nitrogen and oxygen atoms in total. The molecule has 3 amide bonds. The Morgan fingerprint density at radius 1 is 1.25 bits per heavy atom. The molecule has 134 valence electrons. The summed E-state index contributed by atoms with van der Waals surface area (Å²) in [4.78, 5) is 38.2. The minimum Gasteiger partial charge on any atom is -0.353 e. The van der Waals surface area contributed by atoms with E-state index in [9.17, 15) is 14.4 Å². The van der Waals surface area contributed by atoms with E-state index in [2.05, 4.69) is 17.5 Å². The van der Waals surface area contributed by atoms with Crippen LogP contribution in [0.15, 0.2) is 12.2 Å². The summed E-state index contributed by atoms with van der Waals surface area (Å²) in [7, 11) is 0. The number of nitrogens with one attached hydrogen (secondary N) is 1. The second kappa shape index (κ2) is 7.23. The van der Waals surface area contributed by atoms with Crippen LogP contribution >= 0.6 is 12.4 Å². The molecule has 3 rings (SSSR count). The Balaban J connectivity index is 0.00000208. The van der Waals surface area contributed by atoms with Gasteiger partial charge in [0.1, 0.15) is 0 Å². The molecule has 0 aromatic rings. The lowest BCUT2D eigenvalue weighted by atomic mass is 9.85. The zero-order valence-electron chi connectivity index (χ0n) is 14.1. The normalized spacial score (nSPS) is 31.4. The molecule has 3 N–H and O–H groups in total. The van der Waals surface area contributed by atoms with Crippen molar-refractivity contribution in [1.82, 2.24) is 10.2 Å². The molecule has 7 heteroatoms. The molecule has 2 bridgehead atoms. The van der Waals surface area contributed by atoms with Crippen molar-refractivity contribution in [3.8, 4) is 0 Å². The number of halogens is 1. The molecule has 0 spiro atoms. The van der Waals surface area contributed by atoms with E-state index in [-0.39, 0.29) is 66.9 Å². The zero-order chi connectivity index (χ0) is 16.7. The van der Waals surface area contributed by atoms with Crippen LogP contribution in [0.1, 0.15) is 26.7 Å². The number of fused-ring (bicyclic) bond motifs is 5. The van der Waals surface area contributed by atoms with Gasteiger partial charge in [0, 0.05) is 13.1 Å². The van der Waals surface area contributed by atoms with E-state index in [4.69, 9.17) is 5.73 Å². The summed E-state index contributed by atoms with van der Waals surface area (Å²) in [6.45, 7) is 4.53. The average Bonchev–Trinajstić information content (AvgIpc) is 3.15. The Kier molecular flexibility index (Phi) is 5.71. The van der Waals surface area contributed by atoms with Crippen molar-refractivity contribution in [3.63, 3.8) is 0 Å². The molecular weight excluding hydrogens is 330 g/mol. The third-order valence-electron chi connectivity index (χ3n) is 5.26. The fraction of sp³-hybridized carbons (Fsp3) is 0.706. The number of carbonyl (C=O) groups excluding carboxylic acids is 3. The van der Waals surface area contributed by atoms with Gasteiger partial charge in [0.2, 0.25) is 17.7 Å². The predicted molar refractivity (Wildman–Crippen MR) is 92.1 cm³/mol. The minimum atomic E-state index is -0.542. The van der Waals surface area contributed by atoms with E-state index in [0.29, 0.717) is 12.3 Å². The van der Waals surface area contributed by atoms with E-state index in [1.807, 2.05) is 13.8 Å². The Labute approximate surface area is 148 Å². The molecule has 1 heterocycles. The van der Waals surface area contributed by atoms with Crippen molar-refractivity contribution in [2.75, 3.05) is 13.1 Å². The van der Waals surface area contributed by atoms with Crippen LogP contribution in [0.25, 0.3) is 0 Å². The first-order chi connectivity index (χ1) is 10.9. The summed E-state index contributed by atoms with van der Waals surface area (Å²) in [5.41, 5.74) is 5.82. The van der Waals surface area contributed by atoms with E-state index in [1.165, 1.54) is 4.90 Å². The van der Waals surface area contributed by atoms with Crippen molar-refractivity contribution in [1.29, 1.82) is 0 Å². The summed E-state index contributed by atoms with van der Waals surface area (Å²) < 4.78 is 0. The van der Waals surface area contributed by atoms with Crippen molar-refractivity contribution in [3.05, 3.63) is 12.2 Å². The fourth-order valence-electron chi connectivity index (χ4n) is 4.22. The first kappa shape index (κ1) is 18.9.